The maximum Gasteiger partial charge on any atom is 0.214 e. The smallest absolute Gasteiger partial charge is 0.214 e. The van der Waals surface area contributed by atoms with Crippen LogP contribution in [-0.2, 0) is 4.74 Å². The van der Waals surface area contributed by atoms with Gasteiger partial charge in [-0.25, -0.2) is 4.98 Å². The molecule has 1 aliphatic rings. The van der Waals surface area contributed by atoms with Gasteiger partial charge in [0.15, 0.2) is 0 Å². The van der Waals surface area contributed by atoms with Crippen molar-refractivity contribution >= 4 is 5.84 Å². The highest BCUT2D eigenvalue weighted by Crippen LogP contribution is 2.18. The van der Waals surface area contributed by atoms with Crippen molar-refractivity contribution in [2.75, 3.05) is 13.2 Å². The van der Waals surface area contributed by atoms with Crippen LogP contribution in [0.1, 0.15) is 24.1 Å². The Morgan fingerprint density at radius 1 is 1.47 bits per heavy atom. The Labute approximate surface area is 100 Å². The summed E-state index contributed by atoms with van der Waals surface area (Å²) < 4.78 is 11.1. The fourth-order valence-corrected chi connectivity index (χ4v) is 1.82. The predicted molar refractivity (Wildman–Crippen MR) is 64.5 cm³/mol. The summed E-state index contributed by atoms with van der Waals surface area (Å²) in [6.45, 7) is 3.33. The van der Waals surface area contributed by atoms with Crippen molar-refractivity contribution in [1.29, 1.82) is 5.41 Å². The summed E-state index contributed by atoms with van der Waals surface area (Å²) >= 11 is 0. The van der Waals surface area contributed by atoms with Crippen LogP contribution < -0.4 is 10.5 Å². The number of rotatable bonds is 3. The number of amidine groups is 1. The molecule has 1 saturated heterocycles. The van der Waals surface area contributed by atoms with E-state index in [1.54, 1.807) is 12.1 Å². The molecule has 0 aromatic carbocycles. The minimum absolute atomic E-state index is 0.0346. The van der Waals surface area contributed by atoms with E-state index in [9.17, 15) is 0 Å². The molecule has 1 fully saturated rings. The zero-order chi connectivity index (χ0) is 12.3. The van der Waals surface area contributed by atoms with Crippen LogP contribution in [0.4, 0.5) is 0 Å². The Balaban J connectivity index is 2.11. The van der Waals surface area contributed by atoms with Crippen molar-refractivity contribution < 1.29 is 9.47 Å². The first kappa shape index (κ1) is 11.9. The normalized spacial score (nSPS) is 16.8. The number of hydrogen-bond acceptors (Lipinski definition) is 4. The van der Waals surface area contributed by atoms with Crippen molar-refractivity contribution in [3.63, 3.8) is 0 Å². The molecule has 0 unspecified atom stereocenters. The van der Waals surface area contributed by atoms with Gasteiger partial charge in [0.1, 0.15) is 11.9 Å². The number of aryl methyl sites for hydroxylation is 1. The van der Waals surface area contributed by atoms with E-state index in [4.69, 9.17) is 20.6 Å². The molecular weight excluding hydrogens is 218 g/mol. The highest BCUT2D eigenvalue weighted by Gasteiger charge is 2.16. The van der Waals surface area contributed by atoms with Gasteiger partial charge in [0, 0.05) is 30.2 Å². The van der Waals surface area contributed by atoms with Crippen molar-refractivity contribution in [3.8, 4) is 5.88 Å². The molecule has 5 nitrogen and oxygen atoms in total. The molecule has 17 heavy (non-hydrogen) atoms. The number of nitrogens with one attached hydrogen (secondary N) is 1. The molecule has 3 N–H and O–H groups in total. The van der Waals surface area contributed by atoms with Crippen LogP contribution in [0, 0.1) is 12.3 Å². The second kappa shape index (κ2) is 5.14. The topological polar surface area (TPSA) is 81.2 Å². The van der Waals surface area contributed by atoms with E-state index in [-0.39, 0.29) is 11.9 Å². The molecule has 0 radical (unpaired) electrons. The summed E-state index contributed by atoms with van der Waals surface area (Å²) in [6.07, 6.45) is 1.91. The molecule has 1 aromatic rings. The summed E-state index contributed by atoms with van der Waals surface area (Å²) in [5.74, 6) is 0.578. The number of nitrogens with zero attached hydrogens (tertiary/aromatic N) is 1. The standard InChI is InChI=1S/C12H17N3O2/c1-8-6-9(12(13)14)7-11(15-8)17-10-2-4-16-5-3-10/h6-7,10H,2-5H2,1H3,(H3,13,14). The zero-order valence-corrected chi connectivity index (χ0v) is 9.90. The van der Waals surface area contributed by atoms with E-state index < -0.39 is 0 Å². The highest BCUT2D eigenvalue weighted by atomic mass is 16.5. The van der Waals surface area contributed by atoms with Gasteiger partial charge in [-0.2, -0.15) is 0 Å². The lowest BCUT2D eigenvalue weighted by Gasteiger charge is -2.23. The molecule has 5 heteroatoms. The third kappa shape index (κ3) is 3.17. The van der Waals surface area contributed by atoms with Crippen molar-refractivity contribution in [3.05, 3.63) is 23.4 Å². The molecule has 0 atom stereocenters. The van der Waals surface area contributed by atoms with Crippen LogP contribution in [0.5, 0.6) is 5.88 Å². The van der Waals surface area contributed by atoms with Crippen LogP contribution in [0.15, 0.2) is 12.1 Å². The van der Waals surface area contributed by atoms with Gasteiger partial charge in [0.2, 0.25) is 5.88 Å². The second-order valence-corrected chi connectivity index (χ2v) is 4.18. The lowest BCUT2D eigenvalue weighted by atomic mass is 10.1. The summed E-state index contributed by atoms with van der Waals surface area (Å²) in [5.41, 5.74) is 6.92. The molecule has 0 saturated carbocycles. The molecule has 0 spiro atoms. The van der Waals surface area contributed by atoms with Gasteiger partial charge in [-0.15, -0.1) is 0 Å². The number of aromatic nitrogens is 1. The van der Waals surface area contributed by atoms with E-state index in [0.29, 0.717) is 11.4 Å². The first-order valence-corrected chi connectivity index (χ1v) is 5.72. The molecule has 92 valence electrons. The van der Waals surface area contributed by atoms with Crippen LogP contribution >= 0.6 is 0 Å². The van der Waals surface area contributed by atoms with E-state index >= 15 is 0 Å². The fourth-order valence-electron chi connectivity index (χ4n) is 1.82. The SMILES string of the molecule is Cc1cc(C(=N)N)cc(OC2CCOCC2)n1. The van der Waals surface area contributed by atoms with Crippen LogP contribution in [-0.4, -0.2) is 30.1 Å². The molecule has 1 aliphatic heterocycles. The van der Waals surface area contributed by atoms with Gasteiger partial charge in [-0.1, -0.05) is 0 Å². The Hall–Kier alpha value is -1.62. The summed E-state index contributed by atoms with van der Waals surface area (Å²) in [6, 6.07) is 3.49. The molecule has 1 aromatic heterocycles. The molecule has 0 aliphatic carbocycles. The molecule has 2 rings (SSSR count). The van der Waals surface area contributed by atoms with Crippen LogP contribution in [0.2, 0.25) is 0 Å². The van der Waals surface area contributed by atoms with Crippen LogP contribution in [0.25, 0.3) is 0 Å². The maximum absolute atomic E-state index is 7.42. The van der Waals surface area contributed by atoms with Crippen molar-refractivity contribution in [1.82, 2.24) is 4.98 Å². The first-order valence-electron chi connectivity index (χ1n) is 5.72. The average Bonchev–Trinajstić information content (AvgIpc) is 2.29. The minimum Gasteiger partial charge on any atom is -0.474 e. The van der Waals surface area contributed by atoms with Gasteiger partial charge < -0.3 is 15.2 Å². The largest absolute Gasteiger partial charge is 0.474 e. The third-order valence-corrected chi connectivity index (χ3v) is 2.70. The van der Waals surface area contributed by atoms with E-state index in [1.807, 2.05) is 6.92 Å². The highest BCUT2D eigenvalue weighted by molar-refractivity contribution is 5.95. The van der Waals surface area contributed by atoms with E-state index in [2.05, 4.69) is 4.98 Å². The van der Waals surface area contributed by atoms with Gasteiger partial charge in [-0.3, -0.25) is 5.41 Å². The van der Waals surface area contributed by atoms with Crippen molar-refractivity contribution in [2.45, 2.75) is 25.9 Å². The van der Waals surface area contributed by atoms with Crippen molar-refractivity contribution in [2.24, 2.45) is 5.73 Å². The average molecular weight is 235 g/mol. The predicted octanol–water partition coefficient (Wildman–Crippen LogP) is 1.23. The number of hydrogen-bond donors (Lipinski definition) is 2. The Morgan fingerprint density at radius 3 is 2.82 bits per heavy atom. The van der Waals surface area contributed by atoms with Gasteiger partial charge in [0.05, 0.1) is 13.2 Å². The Kier molecular flexibility index (Phi) is 3.58. The number of pyridine rings is 1. The third-order valence-electron chi connectivity index (χ3n) is 2.70. The monoisotopic (exact) mass is 235 g/mol. The summed E-state index contributed by atoms with van der Waals surface area (Å²) in [7, 11) is 0. The van der Waals surface area contributed by atoms with Gasteiger partial charge >= 0.3 is 0 Å². The first-order chi connectivity index (χ1) is 8.15. The lowest BCUT2D eigenvalue weighted by Crippen LogP contribution is -2.26. The molecular formula is C12H17N3O2. The number of nitrogens with two attached hydrogens (primary N) is 1. The second-order valence-electron chi connectivity index (χ2n) is 4.18. The van der Waals surface area contributed by atoms with E-state index in [1.165, 1.54) is 0 Å². The number of ether oxygens (including phenoxy) is 2. The van der Waals surface area contributed by atoms with Gasteiger partial charge in [0.25, 0.3) is 0 Å². The molecule has 0 amide bonds. The minimum atomic E-state index is 0.0346. The quantitative estimate of drug-likeness (QED) is 0.610. The summed E-state index contributed by atoms with van der Waals surface area (Å²) in [4.78, 5) is 4.30. The lowest BCUT2D eigenvalue weighted by molar-refractivity contribution is 0.0237. The van der Waals surface area contributed by atoms with Crippen LogP contribution in [0.3, 0.4) is 0 Å². The zero-order valence-electron chi connectivity index (χ0n) is 9.90. The molecule has 2 heterocycles. The summed E-state index contributed by atoms with van der Waals surface area (Å²) in [5, 5.41) is 7.42. The number of nitrogen functional groups attached to an aromatic ring is 1. The maximum atomic E-state index is 7.42. The van der Waals surface area contributed by atoms with E-state index in [0.717, 1.165) is 31.7 Å². The molecule has 0 bridgehead atoms. The Morgan fingerprint density at radius 2 is 2.18 bits per heavy atom. The van der Waals surface area contributed by atoms with Gasteiger partial charge in [-0.05, 0) is 13.0 Å². The Bertz CT molecular complexity index is 414. The fraction of sp³-hybridized carbons (Fsp3) is 0.500.